The summed E-state index contributed by atoms with van der Waals surface area (Å²) in [5.74, 6) is 0.349. The average molecular weight is 245 g/mol. The predicted octanol–water partition coefficient (Wildman–Crippen LogP) is 2.28. The van der Waals surface area contributed by atoms with Gasteiger partial charge < -0.3 is 9.84 Å². The minimum absolute atomic E-state index is 0.0191. The number of aromatic hydroxyl groups is 1. The van der Waals surface area contributed by atoms with Gasteiger partial charge in [0.2, 0.25) is 0 Å². The van der Waals surface area contributed by atoms with Crippen molar-refractivity contribution in [3.05, 3.63) is 21.7 Å². The topological polar surface area (TPSA) is 46.5 Å². The number of ether oxygens (including phenoxy) is 1. The van der Waals surface area contributed by atoms with Crippen LogP contribution in [0.1, 0.15) is 15.9 Å². The normalized spacial score (nSPS) is 9.77. The van der Waals surface area contributed by atoms with Crippen LogP contribution in [0.25, 0.3) is 0 Å². The van der Waals surface area contributed by atoms with Crippen LogP contribution in [0.15, 0.2) is 10.5 Å². The molecule has 0 fully saturated rings. The molecule has 1 rings (SSSR count). The van der Waals surface area contributed by atoms with E-state index in [1.54, 1.807) is 13.0 Å². The van der Waals surface area contributed by atoms with Gasteiger partial charge in [-0.05, 0) is 28.9 Å². The molecule has 1 aromatic rings. The average Bonchev–Trinajstić information content (AvgIpc) is 2.12. The summed E-state index contributed by atoms with van der Waals surface area (Å²) in [5, 5.41) is 9.51. The number of methoxy groups -OCH3 is 1. The van der Waals surface area contributed by atoms with Gasteiger partial charge in [0.05, 0.1) is 11.6 Å². The molecule has 4 heteroatoms. The first-order valence-corrected chi connectivity index (χ1v) is 4.42. The third kappa shape index (κ3) is 1.67. The highest BCUT2D eigenvalue weighted by atomic mass is 79.9. The van der Waals surface area contributed by atoms with Gasteiger partial charge in [-0.2, -0.15) is 0 Å². The summed E-state index contributed by atoms with van der Waals surface area (Å²) < 4.78 is 5.42. The lowest BCUT2D eigenvalue weighted by molar-refractivity contribution is 0.112. The molecule has 1 aromatic carbocycles. The van der Waals surface area contributed by atoms with Crippen molar-refractivity contribution in [1.29, 1.82) is 0 Å². The zero-order valence-electron chi connectivity index (χ0n) is 7.30. The van der Waals surface area contributed by atoms with Crippen molar-refractivity contribution in [2.24, 2.45) is 0 Å². The number of hydrogen-bond donors (Lipinski definition) is 1. The Balaban J connectivity index is 3.47. The maximum Gasteiger partial charge on any atom is 0.172 e. The van der Waals surface area contributed by atoms with E-state index in [0.29, 0.717) is 21.3 Å². The van der Waals surface area contributed by atoms with E-state index in [4.69, 9.17) is 4.74 Å². The number of halogens is 1. The molecule has 0 spiro atoms. The molecule has 0 bridgehead atoms. The van der Waals surface area contributed by atoms with Crippen LogP contribution in [0.2, 0.25) is 0 Å². The zero-order valence-corrected chi connectivity index (χ0v) is 8.88. The molecule has 0 saturated carbocycles. The maximum absolute atomic E-state index is 10.6. The van der Waals surface area contributed by atoms with Gasteiger partial charge in [-0.25, -0.2) is 0 Å². The van der Waals surface area contributed by atoms with Crippen molar-refractivity contribution >= 4 is 22.2 Å². The van der Waals surface area contributed by atoms with Crippen LogP contribution in [-0.4, -0.2) is 18.5 Å². The second-order valence-corrected chi connectivity index (χ2v) is 3.43. The molecule has 0 heterocycles. The highest BCUT2D eigenvalue weighted by Gasteiger charge is 2.13. The Hall–Kier alpha value is -1.03. The summed E-state index contributed by atoms with van der Waals surface area (Å²) in [7, 11) is 1.45. The van der Waals surface area contributed by atoms with Gasteiger partial charge in [0, 0.05) is 11.1 Å². The molecule has 0 unspecified atom stereocenters. The first-order chi connectivity index (χ1) is 6.11. The standard InChI is InChI=1S/C9H9BrO3/c1-5-6(4-11)3-7(10)8(12)9(5)13-2/h3-4,12H,1-2H3. The van der Waals surface area contributed by atoms with Crippen molar-refractivity contribution in [3.8, 4) is 11.5 Å². The molecule has 0 saturated heterocycles. The van der Waals surface area contributed by atoms with Gasteiger partial charge in [-0.1, -0.05) is 0 Å². The van der Waals surface area contributed by atoms with Gasteiger partial charge >= 0.3 is 0 Å². The van der Waals surface area contributed by atoms with E-state index in [-0.39, 0.29) is 5.75 Å². The highest BCUT2D eigenvalue weighted by molar-refractivity contribution is 9.10. The minimum atomic E-state index is 0.0191. The molecule has 0 aliphatic rings. The predicted molar refractivity (Wildman–Crippen MR) is 52.5 cm³/mol. The van der Waals surface area contributed by atoms with Crippen molar-refractivity contribution in [3.63, 3.8) is 0 Å². The number of rotatable bonds is 2. The third-order valence-electron chi connectivity index (χ3n) is 1.83. The van der Waals surface area contributed by atoms with Crippen LogP contribution in [0, 0.1) is 6.92 Å². The highest BCUT2D eigenvalue weighted by Crippen LogP contribution is 2.38. The molecular formula is C9H9BrO3. The smallest absolute Gasteiger partial charge is 0.172 e. The van der Waals surface area contributed by atoms with Gasteiger partial charge in [-0.3, -0.25) is 4.79 Å². The molecule has 0 aromatic heterocycles. The molecule has 70 valence electrons. The first kappa shape index (κ1) is 10.1. The van der Waals surface area contributed by atoms with E-state index >= 15 is 0 Å². The summed E-state index contributed by atoms with van der Waals surface area (Å²) in [6.45, 7) is 1.72. The van der Waals surface area contributed by atoms with E-state index in [9.17, 15) is 9.90 Å². The quantitative estimate of drug-likeness (QED) is 0.813. The molecule has 0 atom stereocenters. The van der Waals surface area contributed by atoms with Crippen molar-refractivity contribution in [2.75, 3.05) is 7.11 Å². The number of phenols is 1. The zero-order chi connectivity index (χ0) is 10.0. The lowest BCUT2D eigenvalue weighted by Gasteiger charge is -2.10. The maximum atomic E-state index is 10.6. The van der Waals surface area contributed by atoms with Crippen LogP contribution in [0.4, 0.5) is 0 Å². The second kappa shape index (κ2) is 3.79. The summed E-state index contributed by atoms with van der Waals surface area (Å²) >= 11 is 3.12. The number of hydrogen-bond acceptors (Lipinski definition) is 3. The van der Waals surface area contributed by atoms with Crippen molar-refractivity contribution in [2.45, 2.75) is 6.92 Å². The largest absolute Gasteiger partial charge is 0.503 e. The molecule has 1 N–H and O–H groups in total. The van der Waals surface area contributed by atoms with Crippen molar-refractivity contribution < 1.29 is 14.6 Å². The third-order valence-corrected chi connectivity index (χ3v) is 2.43. The monoisotopic (exact) mass is 244 g/mol. The van der Waals surface area contributed by atoms with Gasteiger partial charge in [-0.15, -0.1) is 0 Å². The van der Waals surface area contributed by atoms with Crippen molar-refractivity contribution in [1.82, 2.24) is 0 Å². The second-order valence-electron chi connectivity index (χ2n) is 2.57. The fourth-order valence-corrected chi connectivity index (χ4v) is 1.53. The van der Waals surface area contributed by atoms with E-state index in [2.05, 4.69) is 15.9 Å². The van der Waals surface area contributed by atoms with Crippen LogP contribution in [-0.2, 0) is 0 Å². The van der Waals surface area contributed by atoms with Gasteiger partial charge in [0.1, 0.15) is 6.29 Å². The molecule has 3 nitrogen and oxygen atoms in total. The Kier molecular flexibility index (Phi) is 2.93. The van der Waals surface area contributed by atoms with Crippen LogP contribution in [0.3, 0.4) is 0 Å². The van der Waals surface area contributed by atoms with Gasteiger partial charge in [0.15, 0.2) is 11.5 Å². The SMILES string of the molecule is COc1c(C)c(C=O)cc(Br)c1O. The number of aldehydes is 1. The number of carbonyl (C=O) groups excluding carboxylic acids is 1. The lowest BCUT2D eigenvalue weighted by atomic mass is 10.1. The number of carbonyl (C=O) groups is 1. The molecular weight excluding hydrogens is 236 g/mol. The first-order valence-electron chi connectivity index (χ1n) is 3.63. The Morgan fingerprint density at radius 2 is 2.23 bits per heavy atom. The molecule has 0 radical (unpaired) electrons. The van der Waals surface area contributed by atoms with E-state index in [1.165, 1.54) is 7.11 Å². The number of benzene rings is 1. The molecule has 13 heavy (non-hydrogen) atoms. The summed E-state index contributed by atoms with van der Waals surface area (Å²) in [6.07, 6.45) is 0.724. The Morgan fingerprint density at radius 1 is 1.62 bits per heavy atom. The Morgan fingerprint density at radius 3 is 2.69 bits per heavy atom. The summed E-state index contributed by atoms with van der Waals surface area (Å²) in [4.78, 5) is 10.6. The van der Waals surface area contributed by atoms with E-state index in [1.807, 2.05) is 0 Å². The van der Waals surface area contributed by atoms with E-state index in [0.717, 1.165) is 6.29 Å². The Bertz CT molecular complexity index is 347. The van der Waals surface area contributed by atoms with Gasteiger partial charge in [0.25, 0.3) is 0 Å². The van der Waals surface area contributed by atoms with E-state index < -0.39 is 0 Å². The minimum Gasteiger partial charge on any atom is -0.503 e. The lowest BCUT2D eigenvalue weighted by Crippen LogP contribution is -1.93. The molecule has 0 aliphatic heterocycles. The summed E-state index contributed by atoms with van der Waals surface area (Å²) in [5.41, 5.74) is 1.14. The number of phenolic OH excluding ortho intramolecular Hbond substituents is 1. The van der Waals surface area contributed by atoms with Crippen LogP contribution in [0.5, 0.6) is 11.5 Å². The Labute approximate surface area is 84.5 Å². The fraction of sp³-hybridized carbons (Fsp3) is 0.222. The molecule has 0 aliphatic carbocycles. The van der Waals surface area contributed by atoms with Crippen LogP contribution >= 0.6 is 15.9 Å². The molecule has 0 amide bonds. The van der Waals surface area contributed by atoms with Crippen LogP contribution < -0.4 is 4.74 Å². The fourth-order valence-electron chi connectivity index (χ4n) is 1.10. The summed E-state index contributed by atoms with van der Waals surface area (Å²) in [6, 6.07) is 1.56.